The molecule has 2 saturated heterocycles. The van der Waals surface area contributed by atoms with Crippen molar-refractivity contribution in [2.45, 2.75) is 61.8 Å². The summed E-state index contributed by atoms with van der Waals surface area (Å²) < 4.78 is 27.6. The minimum absolute atomic E-state index is 0.0196. The summed E-state index contributed by atoms with van der Waals surface area (Å²) in [5.41, 5.74) is -0.747. The van der Waals surface area contributed by atoms with E-state index in [0.29, 0.717) is 25.9 Å². The van der Waals surface area contributed by atoms with Gasteiger partial charge in [0.2, 0.25) is 15.9 Å². The van der Waals surface area contributed by atoms with E-state index < -0.39 is 34.0 Å². The number of nitrogens with one attached hydrogen (secondary N) is 2. The summed E-state index contributed by atoms with van der Waals surface area (Å²) in [6.07, 6.45) is 6.50. The Morgan fingerprint density at radius 1 is 1.00 bits per heavy atom. The van der Waals surface area contributed by atoms with Crippen LogP contribution in [0.5, 0.6) is 0 Å². The maximum atomic E-state index is 13.1. The third-order valence-electron chi connectivity index (χ3n) is 6.35. The molecule has 0 unspecified atom stereocenters. The number of rotatable bonds is 5. The first-order chi connectivity index (χ1) is 14.8. The van der Waals surface area contributed by atoms with E-state index in [0.717, 1.165) is 43.4 Å². The Morgan fingerprint density at radius 2 is 1.65 bits per heavy atom. The molecule has 2 N–H and O–H groups in total. The van der Waals surface area contributed by atoms with Crippen molar-refractivity contribution in [3.05, 3.63) is 24.3 Å². The van der Waals surface area contributed by atoms with Gasteiger partial charge in [-0.3, -0.25) is 14.5 Å². The van der Waals surface area contributed by atoms with Gasteiger partial charge >= 0.3 is 6.03 Å². The number of nitrogens with zero attached hydrogens (tertiary/aromatic N) is 2. The van der Waals surface area contributed by atoms with Crippen molar-refractivity contribution in [3.8, 4) is 0 Å². The number of sulfonamides is 1. The van der Waals surface area contributed by atoms with Crippen LogP contribution in [0.2, 0.25) is 0 Å². The summed E-state index contributed by atoms with van der Waals surface area (Å²) in [6.45, 7) is 0.453. The summed E-state index contributed by atoms with van der Waals surface area (Å²) in [5.74, 6) is -0.987. The van der Waals surface area contributed by atoms with Gasteiger partial charge in [0.25, 0.3) is 5.91 Å². The highest BCUT2D eigenvalue weighted by Gasteiger charge is 2.51. The van der Waals surface area contributed by atoms with Gasteiger partial charge < -0.3 is 10.6 Å². The molecule has 1 saturated carbocycles. The molecule has 0 bridgehead atoms. The number of benzene rings is 1. The number of para-hydroxylation sites is 1. The van der Waals surface area contributed by atoms with E-state index in [1.807, 2.05) is 0 Å². The lowest BCUT2D eigenvalue weighted by atomic mass is 9.82. The van der Waals surface area contributed by atoms with Crippen LogP contribution in [0.15, 0.2) is 29.2 Å². The van der Waals surface area contributed by atoms with Crippen LogP contribution in [0.1, 0.15) is 51.4 Å². The molecule has 9 nitrogen and oxygen atoms in total. The second-order valence-corrected chi connectivity index (χ2v) is 10.4. The van der Waals surface area contributed by atoms with Crippen molar-refractivity contribution in [2.75, 3.05) is 25.0 Å². The Bertz CT molecular complexity index is 981. The van der Waals surface area contributed by atoms with Gasteiger partial charge in [-0.1, -0.05) is 37.8 Å². The number of amides is 4. The number of hydrogen-bond acceptors (Lipinski definition) is 5. The van der Waals surface area contributed by atoms with E-state index in [1.54, 1.807) is 12.1 Å². The molecular weight excluding hydrogens is 420 g/mol. The first-order valence-electron chi connectivity index (χ1n) is 10.9. The van der Waals surface area contributed by atoms with E-state index in [4.69, 9.17) is 0 Å². The maximum absolute atomic E-state index is 13.1. The van der Waals surface area contributed by atoms with Crippen LogP contribution >= 0.6 is 0 Å². The van der Waals surface area contributed by atoms with E-state index >= 15 is 0 Å². The predicted molar refractivity (Wildman–Crippen MR) is 114 cm³/mol. The third kappa shape index (κ3) is 4.18. The van der Waals surface area contributed by atoms with Crippen molar-refractivity contribution in [1.82, 2.24) is 14.5 Å². The lowest BCUT2D eigenvalue weighted by Crippen LogP contribution is -2.48. The zero-order valence-electron chi connectivity index (χ0n) is 17.4. The average Bonchev–Trinajstić information content (AvgIpc) is 2.99. The number of hydrogen-bond donors (Lipinski definition) is 2. The normalized spacial score (nSPS) is 21.9. The fourth-order valence-corrected chi connectivity index (χ4v) is 6.35. The van der Waals surface area contributed by atoms with Gasteiger partial charge in [-0.15, -0.1) is 0 Å². The molecule has 0 aromatic heterocycles. The Balaban J connectivity index is 1.48. The SMILES string of the molecule is O=C(CN1C(=O)NC2(CCCCC2)C1=O)Nc1ccccc1S(=O)(=O)N1CCCCC1. The van der Waals surface area contributed by atoms with E-state index in [1.165, 1.54) is 16.4 Å². The molecule has 2 heterocycles. The number of carbonyl (C=O) groups is 3. The average molecular weight is 449 g/mol. The number of carbonyl (C=O) groups excluding carboxylic acids is 3. The minimum Gasteiger partial charge on any atom is -0.323 e. The summed E-state index contributed by atoms with van der Waals surface area (Å²) in [4.78, 5) is 38.9. The molecule has 31 heavy (non-hydrogen) atoms. The Labute approximate surface area is 182 Å². The molecule has 0 atom stereocenters. The molecule has 3 aliphatic rings. The Hall–Kier alpha value is -2.46. The summed E-state index contributed by atoms with van der Waals surface area (Å²) in [7, 11) is -3.75. The molecule has 2 aliphatic heterocycles. The number of piperidine rings is 1. The molecule has 4 amide bonds. The van der Waals surface area contributed by atoms with Crippen LogP contribution in [0, 0.1) is 0 Å². The van der Waals surface area contributed by atoms with Gasteiger partial charge in [0.15, 0.2) is 0 Å². The van der Waals surface area contributed by atoms with E-state index in [9.17, 15) is 22.8 Å². The Kier molecular flexibility index (Phi) is 6.02. The largest absolute Gasteiger partial charge is 0.325 e. The lowest BCUT2D eigenvalue weighted by molar-refractivity contribution is -0.134. The number of imide groups is 1. The van der Waals surface area contributed by atoms with Gasteiger partial charge in [-0.2, -0.15) is 4.31 Å². The van der Waals surface area contributed by atoms with Crippen LogP contribution < -0.4 is 10.6 Å². The highest BCUT2D eigenvalue weighted by atomic mass is 32.2. The fraction of sp³-hybridized carbons (Fsp3) is 0.571. The van der Waals surface area contributed by atoms with E-state index in [2.05, 4.69) is 10.6 Å². The van der Waals surface area contributed by atoms with Gasteiger partial charge in [0.1, 0.15) is 17.0 Å². The Morgan fingerprint density at radius 3 is 2.35 bits per heavy atom. The zero-order valence-corrected chi connectivity index (χ0v) is 18.2. The first-order valence-corrected chi connectivity index (χ1v) is 12.3. The van der Waals surface area contributed by atoms with Gasteiger partial charge in [-0.25, -0.2) is 13.2 Å². The predicted octanol–water partition coefficient (Wildman–Crippen LogP) is 2.05. The van der Waals surface area contributed by atoms with Gasteiger partial charge in [0, 0.05) is 13.1 Å². The van der Waals surface area contributed by atoms with Gasteiger partial charge in [0.05, 0.1) is 5.69 Å². The second kappa shape index (κ2) is 8.58. The second-order valence-electron chi connectivity index (χ2n) is 8.47. The highest BCUT2D eigenvalue weighted by molar-refractivity contribution is 7.89. The van der Waals surface area contributed by atoms with Crippen molar-refractivity contribution in [2.24, 2.45) is 0 Å². The highest BCUT2D eigenvalue weighted by Crippen LogP contribution is 2.33. The van der Waals surface area contributed by atoms with Crippen molar-refractivity contribution >= 4 is 33.6 Å². The molecule has 1 aromatic rings. The molecule has 10 heteroatoms. The quantitative estimate of drug-likeness (QED) is 0.669. The van der Waals surface area contributed by atoms with Crippen LogP contribution in [-0.2, 0) is 19.6 Å². The van der Waals surface area contributed by atoms with Crippen molar-refractivity contribution in [3.63, 3.8) is 0 Å². The van der Waals surface area contributed by atoms with Crippen molar-refractivity contribution in [1.29, 1.82) is 0 Å². The fourth-order valence-electron chi connectivity index (χ4n) is 4.69. The van der Waals surface area contributed by atoms with Gasteiger partial charge in [-0.05, 0) is 37.8 Å². The molecule has 0 radical (unpaired) electrons. The van der Waals surface area contributed by atoms with E-state index in [-0.39, 0.29) is 16.5 Å². The molecule has 4 rings (SSSR count). The van der Waals surface area contributed by atoms with Crippen LogP contribution in [0.25, 0.3) is 0 Å². The van der Waals surface area contributed by atoms with Crippen molar-refractivity contribution < 1.29 is 22.8 Å². The first kappa shape index (κ1) is 21.8. The number of urea groups is 1. The molecule has 1 aromatic carbocycles. The summed E-state index contributed by atoms with van der Waals surface area (Å²) in [6, 6.07) is 5.65. The maximum Gasteiger partial charge on any atom is 0.325 e. The third-order valence-corrected chi connectivity index (χ3v) is 8.31. The summed E-state index contributed by atoms with van der Waals surface area (Å²) in [5, 5.41) is 5.37. The zero-order chi connectivity index (χ0) is 22.1. The van der Waals surface area contributed by atoms with Crippen LogP contribution in [0.4, 0.5) is 10.5 Å². The van der Waals surface area contributed by atoms with Crippen LogP contribution in [-0.4, -0.2) is 60.6 Å². The number of anilines is 1. The molecular formula is C21H28N4O5S. The molecule has 3 fully saturated rings. The topological polar surface area (TPSA) is 116 Å². The van der Waals surface area contributed by atoms with Crippen LogP contribution in [0.3, 0.4) is 0 Å². The lowest BCUT2D eigenvalue weighted by Gasteiger charge is -2.30. The molecule has 168 valence electrons. The standard InChI is InChI=1S/C21H28N4O5S/c26-18(15-25-19(27)21(23-20(25)28)11-5-1-6-12-21)22-16-9-3-4-10-17(16)31(29,30)24-13-7-2-8-14-24/h3-4,9-10H,1-2,5-8,11-15H2,(H,22,26)(H,23,28). The molecule has 1 spiro atoms. The molecule has 1 aliphatic carbocycles. The minimum atomic E-state index is -3.75. The monoisotopic (exact) mass is 448 g/mol. The summed E-state index contributed by atoms with van der Waals surface area (Å²) >= 11 is 0. The smallest absolute Gasteiger partial charge is 0.323 e.